The molecule has 2 rings (SSSR count). The van der Waals surface area contributed by atoms with Crippen molar-refractivity contribution in [1.82, 2.24) is 15.1 Å². The summed E-state index contributed by atoms with van der Waals surface area (Å²) in [6.45, 7) is 1.66. The van der Waals surface area contributed by atoms with Gasteiger partial charge in [0.1, 0.15) is 0 Å². The Morgan fingerprint density at radius 1 is 1.26 bits per heavy atom. The Kier molecular flexibility index (Phi) is 4.82. The first kappa shape index (κ1) is 13.4. The van der Waals surface area contributed by atoms with Gasteiger partial charge in [0, 0.05) is 25.9 Å². The number of hydrogen-bond donors (Lipinski definition) is 1. The summed E-state index contributed by atoms with van der Waals surface area (Å²) in [5.74, 6) is 1.00. The van der Waals surface area contributed by atoms with Crippen molar-refractivity contribution in [3.8, 4) is 11.5 Å². The third-order valence-electron chi connectivity index (χ3n) is 2.38. The van der Waals surface area contributed by atoms with Crippen molar-refractivity contribution in [3.63, 3.8) is 0 Å². The molecule has 0 unspecified atom stereocenters. The molecule has 0 fully saturated rings. The minimum absolute atomic E-state index is 0.409. The largest absolute Gasteiger partial charge is 0.397 e. The summed E-state index contributed by atoms with van der Waals surface area (Å²) in [6, 6.07) is 1.74. The molecular formula is C12H16N4O3. The zero-order chi connectivity index (χ0) is 13.5. The minimum Gasteiger partial charge on any atom is -0.397 e. The standard InChI is InChI=1S/C12H16N4O3/c1-17-4-5-18-3-2-11-15-12(19-16-11)9-6-10(13)8-14-7-9/h6-8H,2-5,13H2,1H3. The van der Waals surface area contributed by atoms with Crippen LogP contribution >= 0.6 is 0 Å². The molecular weight excluding hydrogens is 248 g/mol. The molecule has 19 heavy (non-hydrogen) atoms. The van der Waals surface area contributed by atoms with Gasteiger partial charge in [0.05, 0.1) is 31.1 Å². The van der Waals surface area contributed by atoms with E-state index in [1.807, 2.05) is 0 Å². The summed E-state index contributed by atoms with van der Waals surface area (Å²) >= 11 is 0. The molecule has 0 bridgehead atoms. The van der Waals surface area contributed by atoms with Crippen LogP contribution in [0.3, 0.4) is 0 Å². The number of rotatable bonds is 7. The Morgan fingerprint density at radius 2 is 2.16 bits per heavy atom. The molecule has 0 radical (unpaired) electrons. The van der Waals surface area contributed by atoms with Crippen molar-refractivity contribution in [2.45, 2.75) is 6.42 Å². The van der Waals surface area contributed by atoms with Crippen LogP contribution in [0.15, 0.2) is 23.0 Å². The van der Waals surface area contributed by atoms with Crippen LogP contribution in [-0.4, -0.2) is 42.1 Å². The Hall–Kier alpha value is -1.99. The molecule has 0 atom stereocenters. The van der Waals surface area contributed by atoms with Gasteiger partial charge in [-0.1, -0.05) is 5.16 Å². The summed E-state index contributed by atoms with van der Waals surface area (Å²) in [5.41, 5.74) is 6.91. The topological polar surface area (TPSA) is 96.3 Å². The number of hydrogen-bond acceptors (Lipinski definition) is 7. The highest BCUT2D eigenvalue weighted by Crippen LogP contribution is 2.17. The third-order valence-corrected chi connectivity index (χ3v) is 2.38. The van der Waals surface area contributed by atoms with E-state index in [1.165, 1.54) is 0 Å². The zero-order valence-electron chi connectivity index (χ0n) is 10.7. The van der Waals surface area contributed by atoms with E-state index >= 15 is 0 Å². The second kappa shape index (κ2) is 6.81. The molecule has 0 aromatic carbocycles. The minimum atomic E-state index is 0.409. The van der Waals surface area contributed by atoms with Crippen molar-refractivity contribution in [1.29, 1.82) is 0 Å². The van der Waals surface area contributed by atoms with Crippen molar-refractivity contribution in [3.05, 3.63) is 24.3 Å². The number of pyridine rings is 1. The Morgan fingerprint density at radius 3 is 2.95 bits per heavy atom. The van der Waals surface area contributed by atoms with E-state index in [9.17, 15) is 0 Å². The first-order valence-corrected chi connectivity index (χ1v) is 5.90. The summed E-state index contributed by atoms with van der Waals surface area (Å²) < 4.78 is 15.4. The smallest absolute Gasteiger partial charge is 0.259 e. The van der Waals surface area contributed by atoms with E-state index in [0.717, 1.165) is 0 Å². The molecule has 0 saturated heterocycles. The first-order valence-electron chi connectivity index (χ1n) is 5.90. The van der Waals surface area contributed by atoms with E-state index in [-0.39, 0.29) is 0 Å². The van der Waals surface area contributed by atoms with Gasteiger partial charge in [-0.25, -0.2) is 0 Å². The predicted octanol–water partition coefficient (Wildman–Crippen LogP) is 0.919. The van der Waals surface area contributed by atoms with E-state index in [0.29, 0.717) is 49.2 Å². The summed E-state index contributed by atoms with van der Waals surface area (Å²) in [6.07, 6.45) is 3.77. The fourth-order valence-corrected chi connectivity index (χ4v) is 1.46. The van der Waals surface area contributed by atoms with Gasteiger partial charge in [0.25, 0.3) is 5.89 Å². The number of nitrogens with two attached hydrogens (primary N) is 1. The van der Waals surface area contributed by atoms with Crippen LogP contribution in [0.4, 0.5) is 5.69 Å². The Labute approximate surface area is 110 Å². The molecule has 2 aromatic rings. The number of ether oxygens (including phenoxy) is 2. The SMILES string of the molecule is COCCOCCc1noc(-c2cncc(N)c2)n1. The van der Waals surface area contributed by atoms with Gasteiger partial charge in [0.2, 0.25) is 0 Å². The molecule has 0 amide bonds. The second-order valence-electron chi connectivity index (χ2n) is 3.88. The van der Waals surface area contributed by atoms with Crippen LogP contribution in [0.2, 0.25) is 0 Å². The maximum atomic E-state index is 5.65. The number of anilines is 1. The molecule has 0 saturated carbocycles. The Balaban J connectivity index is 1.88. The third kappa shape index (κ3) is 4.01. The van der Waals surface area contributed by atoms with E-state index in [2.05, 4.69) is 15.1 Å². The van der Waals surface area contributed by atoms with Crippen LogP contribution in [0.5, 0.6) is 0 Å². The van der Waals surface area contributed by atoms with Crippen LogP contribution in [0, 0.1) is 0 Å². The highest BCUT2D eigenvalue weighted by molar-refractivity contribution is 5.57. The van der Waals surface area contributed by atoms with Crippen molar-refractivity contribution >= 4 is 5.69 Å². The quantitative estimate of drug-likeness (QED) is 0.742. The lowest BCUT2D eigenvalue weighted by atomic mass is 10.2. The number of nitrogens with zero attached hydrogens (tertiary/aromatic N) is 3. The van der Waals surface area contributed by atoms with Gasteiger partial charge >= 0.3 is 0 Å². The molecule has 2 heterocycles. The molecule has 7 nitrogen and oxygen atoms in total. The van der Waals surface area contributed by atoms with Gasteiger partial charge in [0.15, 0.2) is 5.82 Å². The average molecular weight is 264 g/mol. The fraction of sp³-hybridized carbons (Fsp3) is 0.417. The van der Waals surface area contributed by atoms with E-state index < -0.39 is 0 Å². The number of aromatic nitrogens is 3. The normalized spacial score (nSPS) is 10.8. The summed E-state index contributed by atoms with van der Waals surface area (Å²) in [5, 5.41) is 3.87. The first-order chi connectivity index (χ1) is 9.29. The highest BCUT2D eigenvalue weighted by atomic mass is 16.5. The predicted molar refractivity (Wildman–Crippen MR) is 68.3 cm³/mol. The maximum Gasteiger partial charge on any atom is 0.259 e. The lowest BCUT2D eigenvalue weighted by molar-refractivity contribution is 0.0714. The van der Waals surface area contributed by atoms with Crippen LogP contribution in [-0.2, 0) is 15.9 Å². The number of methoxy groups -OCH3 is 1. The molecule has 0 spiro atoms. The summed E-state index contributed by atoms with van der Waals surface area (Å²) in [7, 11) is 1.63. The molecule has 2 N–H and O–H groups in total. The van der Waals surface area contributed by atoms with E-state index in [1.54, 1.807) is 25.6 Å². The molecule has 2 aromatic heterocycles. The van der Waals surface area contributed by atoms with Crippen molar-refractivity contribution < 1.29 is 14.0 Å². The highest BCUT2D eigenvalue weighted by Gasteiger charge is 2.09. The van der Waals surface area contributed by atoms with E-state index in [4.69, 9.17) is 19.7 Å². The molecule has 0 aliphatic heterocycles. The number of nitrogen functional groups attached to an aromatic ring is 1. The molecule has 7 heteroatoms. The van der Waals surface area contributed by atoms with Gasteiger partial charge < -0.3 is 19.7 Å². The average Bonchev–Trinajstić information content (AvgIpc) is 2.87. The monoisotopic (exact) mass is 264 g/mol. The van der Waals surface area contributed by atoms with Gasteiger partial charge in [-0.05, 0) is 6.07 Å². The fourth-order valence-electron chi connectivity index (χ4n) is 1.46. The lowest BCUT2D eigenvalue weighted by Crippen LogP contribution is -2.05. The summed E-state index contributed by atoms with van der Waals surface area (Å²) in [4.78, 5) is 8.23. The van der Waals surface area contributed by atoms with Gasteiger partial charge in [-0.15, -0.1) is 0 Å². The maximum absolute atomic E-state index is 5.65. The lowest BCUT2D eigenvalue weighted by Gasteiger charge is -2.00. The molecule has 0 aliphatic carbocycles. The van der Waals surface area contributed by atoms with Gasteiger partial charge in [-0.3, -0.25) is 4.98 Å². The zero-order valence-corrected chi connectivity index (χ0v) is 10.7. The van der Waals surface area contributed by atoms with Gasteiger partial charge in [-0.2, -0.15) is 4.98 Å². The Bertz CT molecular complexity index is 515. The van der Waals surface area contributed by atoms with Crippen molar-refractivity contribution in [2.24, 2.45) is 0 Å². The van der Waals surface area contributed by atoms with Crippen LogP contribution in [0.25, 0.3) is 11.5 Å². The molecule has 102 valence electrons. The second-order valence-corrected chi connectivity index (χ2v) is 3.88. The molecule has 0 aliphatic rings. The van der Waals surface area contributed by atoms with Crippen molar-refractivity contribution in [2.75, 3.05) is 32.7 Å². The van der Waals surface area contributed by atoms with Crippen LogP contribution in [0.1, 0.15) is 5.82 Å². The van der Waals surface area contributed by atoms with Crippen LogP contribution < -0.4 is 5.73 Å².